The number of aliphatic hydroxyl groups excluding tert-OH is 1. The summed E-state index contributed by atoms with van der Waals surface area (Å²) in [5.74, 6) is 0. The number of benzene rings is 1. The molecule has 1 aromatic carbocycles. The van der Waals surface area contributed by atoms with E-state index in [2.05, 4.69) is 34.3 Å². The van der Waals surface area contributed by atoms with Crippen LogP contribution in [0.4, 0.5) is 0 Å². The number of fused-ring (bicyclic) bond motifs is 1. The molecule has 1 heterocycles. The summed E-state index contributed by atoms with van der Waals surface area (Å²) in [5, 5.41) is 13.9. The zero-order valence-corrected chi connectivity index (χ0v) is 9.89. The van der Waals surface area contributed by atoms with Crippen LogP contribution in [0.1, 0.15) is 18.4 Å². The minimum Gasteiger partial charge on any atom is -0.395 e. The van der Waals surface area contributed by atoms with E-state index in [-0.39, 0.29) is 6.61 Å². The van der Waals surface area contributed by atoms with E-state index in [9.17, 15) is 0 Å². The first-order valence-corrected chi connectivity index (χ1v) is 6.29. The van der Waals surface area contributed by atoms with Gasteiger partial charge in [0.25, 0.3) is 0 Å². The first kappa shape index (κ1) is 10.8. The molecular formula is C14H18N2O. The average Bonchev–Trinajstić information content (AvgIpc) is 3.12. The van der Waals surface area contributed by atoms with Gasteiger partial charge in [-0.15, -0.1) is 0 Å². The highest BCUT2D eigenvalue weighted by Gasteiger charge is 2.20. The second-order valence-corrected chi connectivity index (χ2v) is 4.74. The van der Waals surface area contributed by atoms with Gasteiger partial charge in [-0.1, -0.05) is 18.2 Å². The van der Waals surface area contributed by atoms with Crippen molar-refractivity contribution in [3.63, 3.8) is 0 Å². The summed E-state index contributed by atoms with van der Waals surface area (Å²) in [6.07, 6.45) is 4.79. The van der Waals surface area contributed by atoms with Gasteiger partial charge in [0.1, 0.15) is 0 Å². The summed E-state index contributed by atoms with van der Waals surface area (Å²) in [6.45, 7) is 1.79. The normalized spacial score (nSPS) is 15.6. The van der Waals surface area contributed by atoms with Gasteiger partial charge in [0.05, 0.1) is 6.61 Å². The van der Waals surface area contributed by atoms with Crippen LogP contribution in [0.5, 0.6) is 0 Å². The Bertz CT molecular complexity index is 514. The van der Waals surface area contributed by atoms with E-state index in [4.69, 9.17) is 5.11 Å². The summed E-state index contributed by atoms with van der Waals surface area (Å²) in [4.78, 5) is 0. The lowest BCUT2D eigenvalue weighted by Gasteiger charge is -2.00. The fourth-order valence-electron chi connectivity index (χ4n) is 2.30. The maximum absolute atomic E-state index is 9.08. The van der Waals surface area contributed by atoms with Gasteiger partial charge in [0.15, 0.2) is 0 Å². The molecular weight excluding hydrogens is 212 g/mol. The fraction of sp³-hybridized carbons (Fsp3) is 0.429. The number of nitrogens with one attached hydrogen (secondary N) is 1. The summed E-state index contributed by atoms with van der Waals surface area (Å²) in [7, 11) is 0. The van der Waals surface area contributed by atoms with Crippen LogP contribution in [0.2, 0.25) is 0 Å². The smallest absolute Gasteiger partial charge is 0.0610 e. The molecule has 17 heavy (non-hydrogen) atoms. The van der Waals surface area contributed by atoms with E-state index in [1.165, 1.54) is 29.3 Å². The number of nitrogens with zero attached hydrogens (tertiary/aromatic N) is 1. The molecule has 2 N–H and O–H groups in total. The molecule has 1 saturated carbocycles. The highest BCUT2D eigenvalue weighted by Crippen LogP contribution is 2.23. The lowest BCUT2D eigenvalue weighted by Crippen LogP contribution is -2.15. The minimum atomic E-state index is 0.189. The Morgan fingerprint density at radius 3 is 2.88 bits per heavy atom. The van der Waals surface area contributed by atoms with Crippen molar-refractivity contribution in [3.8, 4) is 0 Å². The molecule has 1 aliphatic carbocycles. The largest absolute Gasteiger partial charge is 0.395 e. The van der Waals surface area contributed by atoms with Gasteiger partial charge < -0.3 is 15.0 Å². The molecule has 3 heteroatoms. The lowest BCUT2D eigenvalue weighted by atomic mass is 10.2. The quantitative estimate of drug-likeness (QED) is 0.823. The molecule has 1 aromatic heterocycles. The topological polar surface area (TPSA) is 37.2 Å². The van der Waals surface area contributed by atoms with Gasteiger partial charge in [-0.2, -0.15) is 0 Å². The molecule has 1 aliphatic rings. The molecule has 2 aromatic rings. The van der Waals surface area contributed by atoms with Crippen LogP contribution in [0.3, 0.4) is 0 Å². The van der Waals surface area contributed by atoms with Crippen molar-refractivity contribution in [1.29, 1.82) is 0 Å². The van der Waals surface area contributed by atoms with Gasteiger partial charge in [0, 0.05) is 36.2 Å². The maximum atomic E-state index is 9.08. The Morgan fingerprint density at radius 2 is 2.12 bits per heavy atom. The second-order valence-electron chi connectivity index (χ2n) is 4.74. The van der Waals surface area contributed by atoms with Crippen molar-refractivity contribution in [2.24, 2.45) is 0 Å². The van der Waals surface area contributed by atoms with Crippen LogP contribution < -0.4 is 5.32 Å². The highest BCUT2D eigenvalue weighted by atomic mass is 16.3. The molecule has 0 saturated heterocycles. The van der Waals surface area contributed by atoms with E-state index in [1.807, 2.05) is 6.07 Å². The number of hydrogen-bond donors (Lipinski definition) is 2. The van der Waals surface area contributed by atoms with Crippen LogP contribution in [-0.4, -0.2) is 22.3 Å². The molecule has 0 bridgehead atoms. The number of aromatic nitrogens is 1. The first-order valence-electron chi connectivity index (χ1n) is 6.29. The molecule has 0 radical (unpaired) electrons. The third-order valence-corrected chi connectivity index (χ3v) is 3.37. The van der Waals surface area contributed by atoms with Crippen molar-refractivity contribution in [2.75, 3.05) is 6.61 Å². The van der Waals surface area contributed by atoms with Crippen LogP contribution >= 0.6 is 0 Å². The number of aliphatic hydroxyl groups is 1. The Morgan fingerprint density at radius 1 is 1.29 bits per heavy atom. The zero-order valence-electron chi connectivity index (χ0n) is 9.89. The lowest BCUT2D eigenvalue weighted by molar-refractivity contribution is 0.278. The maximum Gasteiger partial charge on any atom is 0.0610 e. The van der Waals surface area contributed by atoms with Crippen LogP contribution in [0.15, 0.2) is 30.5 Å². The van der Waals surface area contributed by atoms with Crippen LogP contribution in [-0.2, 0) is 13.1 Å². The predicted molar refractivity (Wildman–Crippen MR) is 68.9 cm³/mol. The Kier molecular flexibility index (Phi) is 2.87. The summed E-state index contributed by atoms with van der Waals surface area (Å²) < 4.78 is 2.14. The van der Waals surface area contributed by atoms with E-state index in [0.717, 1.165) is 12.6 Å². The number of rotatable bonds is 5. The van der Waals surface area contributed by atoms with Gasteiger partial charge in [-0.05, 0) is 24.5 Å². The average molecular weight is 230 g/mol. The summed E-state index contributed by atoms with van der Waals surface area (Å²) in [6, 6.07) is 9.13. The third kappa shape index (κ3) is 2.21. The molecule has 0 atom stereocenters. The zero-order chi connectivity index (χ0) is 11.7. The third-order valence-electron chi connectivity index (χ3n) is 3.37. The molecule has 3 rings (SSSR count). The summed E-state index contributed by atoms with van der Waals surface area (Å²) >= 11 is 0. The fourth-order valence-corrected chi connectivity index (χ4v) is 2.30. The van der Waals surface area contributed by atoms with Gasteiger partial charge >= 0.3 is 0 Å². The van der Waals surface area contributed by atoms with Crippen molar-refractivity contribution < 1.29 is 5.11 Å². The van der Waals surface area contributed by atoms with Crippen molar-refractivity contribution in [3.05, 3.63) is 36.0 Å². The van der Waals surface area contributed by atoms with E-state index >= 15 is 0 Å². The number of para-hydroxylation sites is 1. The monoisotopic (exact) mass is 230 g/mol. The van der Waals surface area contributed by atoms with E-state index < -0.39 is 0 Å². The van der Waals surface area contributed by atoms with Gasteiger partial charge in [-0.3, -0.25) is 0 Å². The Hall–Kier alpha value is -1.32. The molecule has 1 fully saturated rings. The molecule has 0 unspecified atom stereocenters. The molecule has 3 nitrogen and oxygen atoms in total. The van der Waals surface area contributed by atoms with Crippen molar-refractivity contribution in [2.45, 2.75) is 32.0 Å². The number of hydrogen-bond acceptors (Lipinski definition) is 2. The molecule has 90 valence electrons. The molecule has 0 spiro atoms. The Labute approximate surface area is 101 Å². The minimum absolute atomic E-state index is 0.189. The van der Waals surface area contributed by atoms with Crippen LogP contribution in [0, 0.1) is 0 Å². The molecule has 0 aliphatic heterocycles. The SMILES string of the molecule is OCCn1cc(CNC2CC2)c2ccccc21. The highest BCUT2D eigenvalue weighted by molar-refractivity contribution is 5.83. The predicted octanol–water partition coefficient (Wildman–Crippen LogP) is 1.89. The standard InChI is InChI=1S/C14H18N2O/c17-8-7-16-10-11(9-15-12-5-6-12)13-3-1-2-4-14(13)16/h1-4,10,12,15,17H,5-9H2. The first-order chi connectivity index (χ1) is 8.38. The molecule has 0 amide bonds. The van der Waals surface area contributed by atoms with Gasteiger partial charge in [-0.25, -0.2) is 0 Å². The Balaban J connectivity index is 1.92. The summed E-state index contributed by atoms with van der Waals surface area (Å²) in [5.41, 5.74) is 2.55. The van der Waals surface area contributed by atoms with Gasteiger partial charge in [0.2, 0.25) is 0 Å². The second kappa shape index (κ2) is 4.51. The van der Waals surface area contributed by atoms with E-state index in [1.54, 1.807) is 0 Å². The van der Waals surface area contributed by atoms with E-state index in [0.29, 0.717) is 6.54 Å². The van der Waals surface area contributed by atoms with Crippen molar-refractivity contribution >= 4 is 10.9 Å². The van der Waals surface area contributed by atoms with Crippen molar-refractivity contribution in [1.82, 2.24) is 9.88 Å². The van der Waals surface area contributed by atoms with Crippen LogP contribution in [0.25, 0.3) is 10.9 Å².